The van der Waals surface area contributed by atoms with Crippen molar-refractivity contribution in [1.82, 2.24) is 9.80 Å². The molecule has 2 saturated heterocycles. The fraction of sp³-hybridized carbons (Fsp3) is 0.556. The summed E-state index contributed by atoms with van der Waals surface area (Å²) in [5.74, 6) is -0.759. The third-order valence-electron chi connectivity index (χ3n) is 4.87. The topological polar surface area (TPSA) is 52.7 Å². The van der Waals surface area contributed by atoms with Crippen molar-refractivity contribution < 1.29 is 14.0 Å². The van der Waals surface area contributed by atoms with Gasteiger partial charge in [-0.3, -0.25) is 14.5 Å². The number of rotatable bonds is 4. The maximum atomic E-state index is 13.8. The second-order valence-corrected chi connectivity index (χ2v) is 7.12. The molecule has 0 bridgehead atoms. The molecule has 0 saturated carbocycles. The van der Waals surface area contributed by atoms with Crippen molar-refractivity contribution in [1.29, 1.82) is 0 Å². The largest absolute Gasteiger partial charge is 0.341 e. The van der Waals surface area contributed by atoms with E-state index in [4.69, 9.17) is 11.6 Å². The standard InChI is InChI=1S/C18H23ClFN3O2/c19-13-6-7-15(14(20)11-13)21-17(24)12-23-10-4-5-16(23)18(25)22-8-2-1-3-9-22/h6-7,11,16H,1-5,8-10,12H2,(H,21,24). The molecule has 136 valence electrons. The van der Waals surface area contributed by atoms with Crippen LogP contribution in [0.15, 0.2) is 18.2 Å². The summed E-state index contributed by atoms with van der Waals surface area (Å²) >= 11 is 5.72. The predicted molar refractivity (Wildman–Crippen MR) is 95.1 cm³/mol. The number of nitrogens with zero attached hydrogens (tertiary/aromatic N) is 2. The summed E-state index contributed by atoms with van der Waals surface area (Å²) in [6.45, 7) is 2.42. The van der Waals surface area contributed by atoms with Gasteiger partial charge in [0.05, 0.1) is 18.3 Å². The first kappa shape index (κ1) is 18.1. The maximum Gasteiger partial charge on any atom is 0.239 e. The van der Waals surface area contributed by atoms with Crippen molar-refractivity contribution in [2.24, 2.45) is 0 Å². The third-order valence-corrected chi connectivity index (χ3v) is 5.10. The van der Waals surface area contributed by atoms with Crippen LogP contribution in [0.25, 0.3) is 0 Å². The molecule has 1 aromatic rings. The molecule has 0 aromatic heterocycles. The summed E-state index contributed by atoms with van der Waals surface area (Å²) in [6, 6.07) is 3.89. The van der Waals surface area contributed by atoms with Crippen LogP contribution < -0.4 is 5.32 Å². The number of likely N-dealkylation sites (tertiary alicyclic amines) is 2. The smallest absolute Gasteiger partial charge is 0.239 e. The lowest BCUT2D eigenvalue weighted by Gasteiger charge is -2.32. The van der Waals surface area contributed by atoms with Crippen LogP contribution in [0, 0.1) is 5.82 Å². The zero-order chi connectivity index (χ0) is 17.8. The summed E-state index contributed by atoms with van der Waals surface area (Å²) in [7, 11) is 0. The highest BCUT2D eigenvalue weighted by molar-refractivity contribution is 6.30. The molecule has 2 amide bonds. The van der Waals surface area contributed by atoms with Crippen LogP contribution in [-0.4, -0.2) is 53.8 Å². The number of carbonyl (C=O) groups excluding carboxylic acids is 2. The zero-order valence-electron chi connectivity index (χ0n) is 14.1. The normalized spacial score (nSPS) is 21.4. The van der Waals surface area contributed by atoms with E-state index in [1.807, 2.05) is 9.80 Å². The van der Waals surface area contributed by atoms with Gasteiger partial charge >= 0.3 is 0 Å². The molecule has 1 aromatic carbocycles. The Hall–Kier alpha value is -1.66. The number of anilines is 1. The second-order valence-electron chi connectivity index (χ2n) is 6.69. The van der Waals surface area contributed by atoms with Crippen molar-refractivity contribution in [3.8, 4) is 0 Å². The van der Waals surface area contributed by atoms with E-state index >= 15 is 0 Å². The molecule has 1 unspecified atom stereocenters. The molecule has 0 spiro atoms. The van der Waals surface area contributed by atoms with Crippen LogP contribution in [-0.2, 0) is 9.59 Å². The zero-order valence-corrected chi connectivity index (χ0v) is 14.9. The average molecular weight is 368 g/mol. The highest BCUT2D eigenvalue weighted by Crippen LogP contribution is 2.22. The number of hydrogen-bond donors (Lipinski definition) is 1. The molecule has 1 N–H and O–H groups in total. The SMILES string of the molecule is O=C(CN1CCCC1C(=O)N1CCCCC1)Nc1ccc(Cl)cc1F. The quantitative estimate of drug-likeness (QED) is 0.890. The molecule has 1 atom stereocenters. The molecule has 0 radical (unpaired) electrons. The third kappa shape index (κ3) is 4.50. The highest BCUT2D eigenvalue weighted by Gasteiger charge is 2.34. The van der Waals surface area contributed by atoms with Gasteiger partial charge in [-0.05, 0) is 56.8 Å². The van der Waals surface area contributed by atoms with E-state index in [0.717, 1.165) is 44.8 Å². The van der Waals surface area contributed by atoms with Gasteiger partial charge in [-0.1, -0.05) is 11.6 Å². The van der Waals surface area contributed by atoms with Crippen LogP contribution in [0.1, 0.15) is 32.1 Å². The van der Waals surface area contributed by atoms with Gasteiger partial charge in [-0.25, -0.2) is 4.39 Å². The molecule has 0 aliphatic carbocycles. The minimum atomic E-state index is -0.566. The predicted octanol–water partition coefficient (Wildman–Crippen LogP) is 2.89. The van der Waals surface area contributed by atoms with E-state index in [0.29, 0.717) is 6.54 Å². The fourth-order valence-electron chi connectivity index (χ4n) is 3.59. The molecule has 2 fully saturated rings. The maximum absolute atomic E-state index is 13.8. The van der Waals surface area contributed by atoms with E-state index in [-0.39, 0.29) is 35.1 Å². The number of carbonyl (C=O) groups is 2. The number of piperidine rings is 1. The Bertz CT molecular complexity index is 649. The van der Waals surface area contributed by atoms with Crippen molar-refractivity contribution in [2.75, 3.05) is 31.5 Å². The Morgan fingerprint density at radius 3 is 2.64 bits per heavy atom. The molecule has 5 nitrogen and oxygen atoms in total. The van der Waals surface area contributed by atoms with Crippen molar-refractivity contribution in [2.45, 2.75) is 38.1 Å². The monoisotopic (exact) mass is 367 g/mol. The van der Waals surface area contributed by atoms with Crippen LogP contribution in [0.2, 0.25) is 5.02 Å². The second kappa shape index (κ2) is 8.15. The van der Waals surface area contributed by atoms with Gasteiger partial charge in [0, 0.05) is 18.1 Å². The van der Waals surface area contributed by atoms with E-state index in [9.17, 15) is 14.0 Å². The lowest BCUT2D eigenvalue weighted by molar-refractivity contribution is -0.137. The molecule has 2 aliphatic rings. The Morgan fingerprint density at radius 1 is 1.16 bits per heavy atom. The fourth-order valence-corrected chi connectivity index (χ4v) is 3.74. The molecule has 2 heterocycles. The molecular formula is C18H23ClFN3O2. The minimum Gasteiger partial charge on any atom is -0.341 e. The lowest BCUT2D eigenvalue weighted by Crippen LogP contribution is -2.49. The Labute approximate surface area is 152 Å². The molecular weight excluding hydrogens is 345 g/mol. The Kier molecular flexibility index (Phi) is 5.91. The van der Waals surface area contributed by atoms with E-state index in [2.05, 4.69) is 5.32 Å². The van der Waals surface area contributed by atoms with Crippen LogP contribution in [0.4, 0.5) is 10.1 Å². The van der Waals surface area contributed by atoms with Crippen LogP contribution in [0.5, 0.6) is 0 Å². The summed E-state index contributed by atoms with van der Waals surface area (Å²) in [5, 5.41) is 2.84. The van der Waals surface area contributed by atoms with Crippen molar-refractivity contribution >= 4 is 29.1 Å². The van der Waals surface area contributed by atoms with E-state index in [1.165, 1.54) is 18.6 Å². The molecule has 2 aliphatic heterocycles. The number of amides is 2. The summed E-state index contributed by atoms with van der Waals surface area (Å²) < 4.78 is 13.8. The van der Waals surface area contributed by atoms with Crippen LogP contribution in [0.3, 0.4) is 0 Å². The van der Waals surface area contributed by atoms with Gasteiger partial charge in [0.25, 0.3) is 0 Å². The highest BCUT2D eigenvalue weighted by atomic mass is 35.5. The van der Waals surface area contributed by atoms with Gasteiger partial charge in [0.2, 0.25) is 11.8 Å². The number of halogens is 2. The molecule has 25 heavy (non-hydrogen) atoms. The average Bonchev–Trinajstić information content (AvgIpc) is 3.05. The summed E-state index contributed by atoms with van der Waals surface area (Å²) in [5.41, 5.74) is 0.104. The minimum absolute atomic E-state index is 0.0896. The Morgan fingerprint density at radius 2 is 1.92 bits per heavy atom. The van der Waals surface area contributed by atoms with E-state index < -0.39 is 5.82 Å². The van der Waals surface area contributed by atoms with E-state index in [1.54, 1.807) is 0 Å². The lowest BCUT2D eigenvalue weighted by atomic mass is 10.1. The number of benzene rings is 1. The van der Waals surface area contributed by atoms with Crippen LogP contribution >= 0.6 is 11.6 Å². The Balaban J connectivity index is 1.58. The first-order valence-electron chi connectivity index (χ1n) is 8.82. The molecule has 7 heteroatoms. The number of nitrogens with one attached hydrogen (secondary N) is 1. The van der Waals surface area contributed by atoms with Gasteiger partial charge in [-0.15, -0.1) is 0 Å². The summed E-state index contributed by atoms with van der Waals surface area (Å²) in [4.78, 5) is 28.8. The first-order valence-corrected chi connectivity index (χ1v) is 9.20. The molecule has 3 rings (SSSR count). The van der Waals surface area contributed by atoms with Crippen molar-refractivity contribution in [3.63, 3.8) is 0 Å². The van der Waals surface area contributed by atoms with Gasteiger partial charge in [-0.2, -0.15) is 0 Å². The summed E-state index contributed by atoms with van der Waals surface area (Å²) in [6.07, 6.45) is 4.95. The van der Waals surface area contributed by atoms with Gasteiger partial charge in [0.1, 0.15) is 5.82 Å². The first-order chi connectivity index (χ1) is 12.0. The van der Waals surface area contributed by atoms with Crippen molar-refractivity contribution in [3.05, 3.63) is 29.0 Å². The van der Waals surface area contributed by atoms with Gasteiger partial charge in [0.15, 0.2) is 0 Å². The van der Waals surface area contributed by atoms with Gasteiger partial charge < -0.3 is 10.2 Å². The number of hydrogen-bond acceptors (Lipinski definition) is 3.